The van der Waals surface area contributed by atoms with Crippen LogP contribution in [0.3, 0.4) is 0 Å². The lowest BCUT2D eigenvalue weighted by molar-refractivity contribution is -0.125. The molecule has 2 aromatic rings. The zero-order chi connectivity index (χ0) is 23.3. The molecular formula is C24H29N3O5. The van der Waals surface area contributed by atoms with Gasteiger partial charge in [-0.05, 0) is 47.7 Å². The molecule has 0 aromatic heterocycles. The molecule has 2 aromatic carbocycles. The van der Waals surface area contributed by atoms with Gasteiger partial charge >= 0.3 is 6.03 Å². The van der Waals surface area contributed by atoms with Gasteiger partial charge < -0.3 is 20.1 Å². The number of hydrogen-bond acceptors (Lipinski definition) is 5. The van der Waals surface area contributed by atoms with Gasteiger partial charge in [0.25, 0.3) is 5.91 Å². The molecule has 1 heterocycles. The van der Waals surface area contributed by atoms with Crippen LogP contribution in [0.25, 0.3) is 0 Å². The number of amides is 4. The van der Waals surface area contributed by atoms with Crippen LogP contribution in [0, 0.1) is 0 Å². The Kier molecular flexibility index (Phi) is 7.35. The van der Waals surface area contributed by atoms with Crippen molar-refractivity contribution in [1.29, 1.82) is 0 Å². The maximum atomic E-state index is 12.7. The fourth-order valence-electron chi connectivity index (χ4n) is 3.56. The number of anilines is 1. The highest BCUT2D eigenvalue weighted by atomic mass is 16.5. The number of ether oxygens (including phenoxy) is 2. The van der Waals surface area contributed by atoms with E-state index in [1.807, 2.05) is 30.3 Å². The topological polar surface area (TPSA) is 97.0 Å². The highest BCUT2D eigenvalue weighted by Gasteiger charge is 2.40. The SMILES string of the molecule is COc1ccc(CCNC(=O)CC2NC(=O)N(c3ccc(C(C)C)cc3)C2=O)cc1OC. The van der Waals surface area contributed by atoms with Crippen molar-refractivity contribution in [3.05, 3.63) is 53.6 Å². The number of carbonyl (C=O) groups is 3. The van der Waals surface area contributed by atoms with Crippen molar-refractivity contribution in [3.63, 3.8) is 0 Å². The van der Waals surface area contributed by atoms with Gasteiger partial charge in [0.2, 0.25) is 5.91 Å². The van der Waals surface area contributed by atoms with Crippen molar-refractivity contribution in [2.75, 3.05) is 25.7 Å². The molecule has 170 valence electrons. The van der Waals surface area contributed by atoms with Gasteiger partial charge in [-0.25, -0.2) is 9.69 Å². The number of rotatable bonds is 9. The Hall–Kier alpha value is -3.55. The third kappa shape index (κ3) is 5.19. The van der Waals surface area contributed by atoms with Gasteiger partial charge in [-0.1, -0.05) is 32.0 Å². The summed E-state index contributed by atoms with van der Waals surface area (Å²) in [5, 5.41) is 5.40. The van der Waals surface area contributed by atoms with E-state index < -0.39 is 18.0 Å². The lowest BCUT2D eigenvalue weighted by Crippen LogP contribution is -2.37. The number of methoxy groups -OCH3 is 2. The molecule has 0 bridgehead atoms. The second-order valence-corrected chi connectivity index (χ2v) is 7.92. The second-order valence-electron chi connectivity index (χ2n) is 7.92. The summed E-state index contributed by atoms with van der Waals surface area (Å²) in [7, 11) is 3.14. The van der Waals surface area contributed by atoms with Gasteiger partial charge in [0.1, 0.15) is 6.04 Å². The largest absolute Gasteiger partial charge is 0.493 e. The minimum absolute atomic E-state index is 0.114. The summed E-state index contributed by atoms with van der Waals surface area (Å²) in [4.78, 5) is 38.5. The third-order valence-corrected chi connectivity index (χ3v) is 5.41. The van der Waals surface area contributed by atoms with Crippen molar-refractivity contribution in [2.24, 2.45) is 0 Å². The standard InChI is InChI=1S/C24H29N3O5/c1-15(2)17-6-8-18(9-7-17)27-23(29)19(26-24(27)30)14-22(28)25-12-11-16-5-10-20(31-3)21(13-16)32-4/h5-10,13,15,19H,11-12,14H2,1-4H3,(H,25,28)(H,26,30). The molecule has 3 rings (SSSR count). The Labute approximate surface area is 187 Å². The van der Waals surface area contributed by atoms with Crippen LogP contribution in [-0.2, 0) is 16.0 Å². The lowest BCUT2D eigenvalue weighted by atomic mass is 10.0. The Morgan fingerprint density at radius 1 is 1.06 bits per heavy atom. The first-order chi connectivity index (χ1) is 15.3. The second kappa shape index (κ2) is 10.2. The zero-order valence-electron chi connectivity index (χ0n) is 18.8. The maximum Gasteiger partial charge on any atom is 0.329 e. The Morgan fingerprint density at radius 2 is 1.75 bits per heavy atom. The Bertz CT molecular complexity index is 988. The molecule has 1 aliphatic heterocycles. The van der Waals surface area contributed by atoms with Crippen LogP contribution in [-0.4, -0.2) is 44.7 Å². The maximum absolute atomic E-state index is 12.7. The summed E-state index contributed by atoms with van der Waals surface area (Å²) < 4.78 is 10.5. The predicted octanol–water partition coefficient (Wildman–Crippen LogP) is 3.00. The number of hydrogen-bond donors (Lipinski definition) is 2. The van der Waals surface area contributed by atoms with E-state index in [1.54, 1.807) is 26.4 Å². The molecule has 32 heavy (non-hydrogen) atoms. The quantitative estimate of drug-likeness (QED) is 0.586. The summed E-state index contributed by atoms with van der Waals surface area (Å²) in [5.41, 5.74) is 2.59. The van der Waals surface area contributed by atoms with Crippen molar-refractivity contribution < 1.29 is 23.9 Å². The number of imide groups is 1. The first-order valence-corrected chi connectivity index (χ1v) is 10.6. The molecule has 2 N–H and O–H groups in total. The molecule has 8 nitrogen and oxygen atoms in total. The van der Waals surface area contributed by atoms with Crippen LogP contribution >= 0.6 is 0 Å². The van der Waals surface area contributed by atoms with Gasteiger partial charge in [-0.3, -0.25) is 9.59 Å². The molecule has 1 atom stereocenters. The highest BCUT2D eigenvalue weighted by molar-refractivity contribution is 6.22. The number of urea groups is 1. The fraction of sp³-hybridized carbons (Fsp3) is 0.375. The third-order valence-electron chi connectivity index (χ3n) is 5.41. The molecule has 0 radical (unpaired) electrons. The van der Waals surface area contributed by atoms with Crippen LogP contribution in [0.5, 0.6) is 11.5 Å². The minimum Gasteiger partial charge on any atom is -0.493 e. The van der Waals surface area contributed by atoms with Gasteiger partial charge in [0.05, 0.1) is 26.3 Å². The van der Waals surface area contributed by atoms with E-state index in [9.17, 15) is 14.4 Å². The summed E-state index contributed by atoms with van der Waals surface area (Å²) in [6.45, 7) is 4.54. The summed E-state index contributed by atoms with van der Waals surface area (Å²) in [6.07, 6.45) is 0.475. The van der Waals surface area contributed by atoms with E-state index in [0.29, 0.717) is 36.1 Å². The molecule has 8 heteroatoms. The summed E-state index contributed by atoms with van der Waals surface area (Å²) in [6, 6.07) is 11.5. The molecule has 1 fully saturated rings. The van der Waals surface area contributed by atoms with Crippen LogP contribution < -0.4 is 25.0 Å². The number of nitrogens with one attached hydrogen (secondary N) is 2. The number of benzene rings is 2. The fourth-order valence-corrected chi connectivity index (χ4v) is 3.56. The average Bonchev–Trinajstić information content (AvgIpc) is 3.06. The molecule has 1 saturated heterocycles. The van der Waals surface area contributed by atoms with Crippen LogP contribution in [0.15, 0.2) is 42.5 Å². The van der Waals surface area contributed by atoms with E-state index in [4.69, 9.17) is 9.47 Å². The summed E-state index contributed by atoms with van der Waals surface area (Å²) >= 11 is 0. The number of nitrogens with zero attached hydrogens (tertiary/aromatic N) is 1. The normalized spacial score (nSPS) is 15.7. The Balaban J connectivity index is 1.53. The zero-order valence-corrected chi connectivity index (χ0v) is 18.8. The first-order valence-electron chi connectivity index (χ1n) is 10.6. The van der Waals surface area contributed by atoms with Gasteiger partial charge in [0, 0.05) is 6.54 Å². The molecule has 1 aliphatic rings. The van der Waals surface area contributed by atoms with Crippen LogP contribution in [0.2, 0.25) is 0 Å². The van der Waals surface area contributed by atoms with E-state index in [0.717, 1.165) is 16.0 Å². The molecule has 0 spiro atoms. The van der Waals surface area contributed by atoms with E-state index in [1.165, 1.54) is 0 Å². The minimum atomic E-state index is -0.881. The Morgan fingerprint density at radius 3 is 2.38 bits per heavy atom. The van der Waals surface area contributed by atoms with Crippen LogP contribution in [0.1, 0.15) is 37.3 Å². The van der Waals surface area contributed by atoms with Gasteiger partial charge in [-0.2, -0.15) is 0 Å². The molecule has 1 unspecified atom stereocenters. The van der Waals surface area contributed by atoms with Gasteiger partial charge in [-0.15, -0.1) is 0 Å². The van der Waals surface area contributed by atoms with Crippen molar-refractivity contribution in [2.45, 2.75) is 38.6 Å². The summed E-state index contributed by atoms with van der Waals surface area (Å²) in [5.74, 6) is 0.877. The highest BCUT2D eigenvalue weighted by Crippen LogP contribution is 2.27. The van der Waals surface area contributed by atoms with Gasteiger partial charge in [0.15, 0.2) is 11.5 Å². The molecule has 0 aliphatic carbocycles. The smallest absolute Gasteiger partial charge is 0.329 e. The van der Waals surface area contributed by atoms with Crippen molar-refractivity contribution in [1.82, 2.24) is 10.6 Å². The van der Waals surface area contributed by atoms with Crippen LogP contribution in [0.4, 0.5) is 10.5 Å². The van der Waals surface area contributed by atoms with E-state index >= 15 is 0 Å². The average molecular weight is 440 g/mol. The predicted molar refractivity (Wildman–Crippen MR) is 121 cm³/mol. The molecule has 0 saturated carbocycles. The lowest BCUT2D eigenvalue weighted by Gasteiger charge is -2.14. The van der Waals surface area contributed by atoms with Crippen molar-refractivity contribution in [3.8, 4) is 11.5 Å². The number of carbonyl (C=O) groups excluding carboxylic acids is 3. The van der Waals surface area contributed by atoms with E-state index in [-0.39, 0.29) is 12.3 Å². The van der Waals surface area contributed by atoms with Crippen molar-refractivity contribution >= 4 is 23.5 Å². The monoisotopic (exact) mass is 439 g/mol. The molecule has 4 amide bonds. The molecular weight excluding hydrogens is 410 g/mol. The first kappa shape index (κ1) is 23.1. The van der Waals surface area contributed by atoms with E-state index in [2.05, 4.69) is 24.5 Å².